The first-order chi connectivity index (χ1) is 9.81. The summed E-state index contributed by atoms with van der Waals surface area (Å²) in [5.74, 6) is 2.99. The second kappa shape index (κ2) is 4.12. The second-order valence-electron chi connectivity index (χ2n) is 6.74. The van der Waals surface area contributed by atoms with Crippen LogP contribution in [0.5, 0.6) is 0 Å². The van der Waals surface area contributed by atoms with Gasteiger partial charge in [0.15, 0.2) is 0 Å². The first-order valence-corrected chi connectivity index (χ1v) is 8.81. The largest absolute Gasteiger partial charge is 0.370 e. The van der Waals surface area contributed by atoms with Crippen LogP contribution in [0.4, 0.5) is 5.69 Å². The molecule has 0 fully saturated rings. The summed E-state index contributed by atoms with van der Waals surface area (Å²) in [6.07, 6.45) is 12.3. The Labute approximate surface area is 133 Å². The number of rotatable bonds is 0. The fourth-order valence-corrected chi connectivity index (χ4v) is 5.51. The van der Waals surface area contributed by atoms with Crippen molar-refractivity contribution in [3.05, 3.63) is 51.1 Å². The molecule has 0 aromatic heterocycles. The summed E-state index contributed by atoms with van der Waals surface area (Å²) in [6.45, 7) is 2.53. The van der Waals surface area contributed by atoms with Gasteiger partial charge in [-0.2, -0.15) is 0 Å². The normalized spacial score (nSPS) is 36.0. The summed E-state index contributed by atoms with van der Waals surface area (Å²) in [6, 6.07) is 4.88. The zero-order valence-electron chi connectivity index (χ0n) is 11.4. The van der Waals surface area contributed by atoms with Gasteiger partial charge in [0.25, 0.3) is 0 Å². The molecule has 5 rings (SSSR count). The van der Waals surface area contributed by atoms with Gasteiger partial charge in [-0.15, -0.1) is 0 Å². The van der Waals surface area contributed by atoms with Crippen LogP contribution in [0.1, 0.15) is 35.8 Å². The maximum absolute atomic E-state index is 2.71. The smallest absolute Gasteiger partial charge is 0.0444 e. The van der Waals surface area contributed by atoms with Crippen LogP contribution in [-0.4, -0.2) is 13.1 Å². The third-order valence-electron chi connectivity index (χ3n) is 5.66. The molecule has 0 radical (unpaired) electrons. The molecule has 0 spiro atoms. The quantitative estimate of drug-likeness (QED) is 0.479. The molecule has 1 aromatic rings. The highest BCUT2D eigenvalue weighted by Gasteiger charge is 2.42. The molecule has 2 aliphatic carbocycles. The fraction of sp³-hybridized carbons (Fsp3) is 0.444. The molecule has 0 saturated carbocycles. The van der Waals surface area contributed by atoms with Crippen molar-refractivity contribution in [3.63, 3.8) is 0 Å². The second-order valence-corrected chi connectivity index (χ2v) is 7.98. The van der Waals surface area contributed by atoms with Gasteiger partial charge in [-0.25, -0.2) is 0 Å². The van der Waals surface area contributed by atoms with E-state index < -0.39 is 0 Å². The Morgan fingerprint density at radius 3 is 2.00 bits per heavy atom. The van der Waals surface area contributed by atoms with E-state index in [2.05, 4.69) is 63.9 Å². The van der Waals surface area contributed by atoms with Gasteiger partial charge in [0.05, 0.1) is 0 Å². The van der Waals surface area contributed by atoms with Gasteiger partial charge >= 0.3 is 0 Å². The number of anilines is 1. The van der Waals surface area contributed by atoms with Crippen LogP contribution in [-0.2, 0) is 0 Å². The van der Waals surface area contributed by atoms with Gasteiger partial charge < -0.3 is 4.90 Å². The lowest BCUT2D eigenvalue weighted by molar-refractivity contribution is 0.410. The Kier molecular flexibility index (Phi) is 2.44. The Morgan fingerprint density at radius 2 is 1.45 bits per heavy atom. The third kappa shape index (κ3) is 1.49. The topological polar surface area (TPSA) is 3.24 Å². The maximum atomic E-state index is 2.71. The minimum Gasteiger partial charge on any atom is -0.370 e. The van der Waals surface area contributed by atoms with E-state index in [-0.39, 0.29) is 0 Å². The molecule has 0 amide bonds. The van der Waals surface area contributed by atoms with Crippen LogP contribution in [0.15, 0.2) is 36.4 Å². The minimum atomic E-state index is 0.677. The molecule has 2 heterocycles. The number of fused-ring (bicyclic) bond motifs is 4. The van der Waals surface area contributed by atoms with E-state index in [0.29, 0.717) is 11.8 Å². The molecule has 0 N–H and O–H groups in total. The van der Waals surface area contributed by atoms with Crippen LogP contribution in [0.25, 0.3) is 0 Å². The summed E-state index contributed by atoms with van der Waals surface area (Å²) in [5, 5.41) is 0. The maximum Gasteiger partial charge on any atom is 0.0444 e. The molecule has 4 atom stereocenters. The van der Waals surface area contributed by atoms with Crippen molar-refractivity contribution in [2.24, 2.45) is 11.8 Å². The first kappa shape index (κ1) is 11.8. The third-order valence-corrected chi connectivity index (χ3v) is 6.28. The highest BCUT2D eigenvalue weighted by atomic mass is 127. The van der Waals surface area contributed by atoms with Crippen molar-refractivity contribution >= 4 is 28.3 Å². The van der Waals surface area contributed by atoms with E-state index in [1.165, 1.54) is 29.5 Å². The van der Waals surface area contributed by atoms with Crippen LogP contribution in [0, 0.1) is 15.4 Å². The monoisotopic (exact) mass is 375 g/mol. The summed E-state index contributed by atoms with van der Waals surface area (Å²) >= 11 is 2.51. The summed E-state index contributed by atoms with van der Waals surface area (Å²) in [7, 11) is 0. The van der Waals surface area contributed by atoms with Crippen molar-refractivity contribution in [1.82, 2.24) is 0 Å². The van der Waals surface area contributed by atoms with Crippen LogP contribution in [0.2, 0.25) is 0 Å². The van der Waals surface area contributed by atoms with Gasteiger partial charge in [-0.1, -0.05) is 24.3 Å². The van der Waals surface area contributed by atoms with E-state index in [0.717, 1.165) is 11.8 Å². The van der Waals surface area contributed by atoms with Gasteiger partial charge in [0.1, 0.15) is 0 Å². The van der Waals surface area contributed by atoms with Crippen molar-refractivity contribution in [3.8, 4) is 0 Å². The average molecular weight is 375 g/mol. The number of hydrogen-bond donors (Lipinski definition) is 0. The molecular formula is C18H18IN. The van der Waals surface area contributed by atoms with Gasteiger partial charge in [-0.05, 0) is 70.5 Å². The van der Waals surface area contributed by atoms with E-state index in [9.17, 15) is 0 Å². The van der Waals surface area contributed by atoms with Crippen LogP contribution >= 0.6 is 22.6 Å². The Morgan fingerprint density at radius 1 is 0.900 bits per heavy atom. The van der Waals surface area contributed by atoms with E-state index in [4.69, 9.17) is 0 Å². The fourth-order valence-electron chi connectivity index (χ4n) is 4.84. The molecule has 0 unspecified atom stereocenters. The first-order valence-electron chi connectivity index (χ1n) is 7.73. The standard InChI is InChI=1S/C18H18IN/c19-13-7-16-14-5-1-3-11(14)9-20-10-12-4-2-6-15(12)17(8-13)18(16)20/h1-2,5-8,11-12,14-15H,3-4,9-10H2/t11-,12+,14-,15+. The lowest BCUT2D eigenvalue weighted by atomic mass is 9.75. The van der Waals surface area contributed by atoms with E-state index >= 15 is 0 Å². The molecule has 20 heavy (non-hydrogen) atoms. The van der Waals surface area contributed by atoms with Gasteiger partial charge in [-0.3, -0.25) is 0 Å². The SMILES string of the molecule is Ic1cc2c3c(c1)[C@@H]1C=CC[C@@H]1CN3C[C@@H]1CC=C[C@H]21. The molecule has 102 valence electrons. The number of allylic oxidation sites excluding steroid dienone is 4. The molecular weight excluding hydrogens is 357 g/mol. The molecule has 1 nitrogen and oxygen atoms in total. The molecule has 2 heteroatoms. The van der Waals surface area contributed by atoms with Crippen molar-refractivity contribution in [2.45, 2.75) is 24.7 Å². The number of hydrogen-bond acceptors (Lipinski definition) is 1. The average Bonchev–Trinajstić information content (AvgIpc) is 3.06. The van der Waals surface area contributed by atoms with Crippen molar-refractivity contribution in [1.29, 1.82) is 0 Å². The zero-order chi connectivity index (χ0) is 13.3. The van der Waals surface area contributed by atoms with Gasteiger partial charge in [0.2, 0.25) is 0 Å². The van der Waals surface area contributed by atoms with Crippen LogP contribution in [0.3, 0.4) is 0 Å². The molecule has 0 saturated heterocycles. The van der Waals surface area contributed by atoms with E-state index in [1.807, 2.05) is 0 Å². The lowest BCUT2D eigenvalue weighted by Gasteiger charge is -2.46. The lowest BCUT2D eigenvalue weighted by Crippen LogP contribution is -2.43. The van der Waals surface area contributed by atoms with Crippen molar-refractivity contribution in [2.75, 3.05) is 18.0 Å². The summed E-state index contributed by atoms with van der Waals surface area (Å²) in [4.78, 5) is 2.71. The highest BCUT2D eigenvalue weighted by Crippen LogP contribution is 2.53. The number of benzene rings is 1. The number of halogens is 1. The van der Waals surface area contributed by atoms with Crippen LogP contribution < -0.4 is 4.90 Å². The molecule has 1 aromatic carbocycles. The summed E-state index contributed by atoms with van der Waals surface area (Å²) < 4.78 is 1.42. The summed E-state index contributed by atoms with van der Waals surface area (Å²) in [5.41, 5.74) is 4.80. The Hall–Kier alpha value is -0.770. The van der Waals surface area contributed by atoms with E-state index in [1.54, 1.807) is 16.8 Å². The minimum absolute atomic E-state index is 0.677. The number of nitrogens with zero attached hydrogens (tertiary/aromatic N) is 1. The van der Waals surface area contributed by atoms with Crippen molar-refractivity contribution < 1.29 is 0 Å². The van der Waals surface area contributed by atoms with Gasteiger partial charge in [0, 0.05) is 34.2 Å². The predicted molar refractivity (Wildman–Crippen MR) is 91.3 cm³/mol. The molecule has 0 bridgehead atoms. The zero-order valence-corrected chi connectivity index (χ0v) is 13.6. The Bertz CT molecular complexity index is 594. The molecule has 4 aliphatic rings. The highest BCUT2D eigenvalue weighted by molar-refractivity contribution is 14.1. The Balaban J connectivity index is 1.76. The predicted octanol–water partition coefficient (Wildman–Crippen LogP) is 4.44. The molecule has 2 aliphatic heterocycles.